The lowest BCUT2D eigenvalue weighted by Crippen LogP contribution is -2.35. The number of carbonyl (C=O) groups excluding carboxylic acids is 2. The number of benzene rings is 2. The smallest absolute Gasteiger partial charge is 0.259 e. The van der Waals surface area contributed by atoms with Gasteiger partial charge >= 0.3 is 0 Å². The molecule has 0 radical (unpaired) electrons. The van der Waals surface area contributed by atoms with Crippen LogP contribution < -0.4 is 15.5 Å². The van der Waals surface area contributed by atoms with Crippen LogP contribution in [-0.4, -0.2) is 57.5 Å². The summed E-state index contributed by atoms with van der Waals surface area (Å²) in [5.74, 6) is -0.267. The van der Waals surface area contributed by atoms with E-state index in [1.54, 1.807) is 31.4 Å². The van der Waals surface area contributed by atoms with Gasteiger partial charge in [-0.15, -0.1) is 0 Å². The number of nitrogens with one attached hydrogen (secondary N) is 2. The van der Waals surface area contributed by atoms with Crippen LogP contribution >= 0.6 is 0 Å². The van der Waals surface area contributed by atoms with E-state index in [0.717, 1.165) is 18.4 Å². The van der Waals surface area contributed by atoms with Crippen molar-refractivity contribution in [3.8, 4) is 5.75 Å². The molecule has 0 atom stereocenters. The van der Waals surface area contributed by atoms with Gasteiger partial charge in [0.15, 0.2) is 0 Å². The predicted molar refractivity (Wildman–Crippen MR) is 115 cm³/mol. The lowest BCUT2D eigenvalue weighted by molar-refractivity contribution is -0.120. The van der Waals surface area contributed by atoms with E-state index in [2.05, 4.69) is 15.8 Å². The molecule has 9 nitrogen and oxygen atoms in total. The number of methoxy groups -OCH3 is 1. The van der Waals surface area contributed by atoms with Crippen LogP contribution in [0.5, 0.6) is 5.75 Å². The molecule has 164 valence electrons. The van der Waals surface area contributed by atoms with E-state index in [4.69, 9.17) is 4.74 Å². The Balaban J connectivity index is 1.48. The van der Waals surface area contributed by atoms with Crippen molar-refractivity contribution in [2.24, 2.45) is 5.10 Å². The highest BCUT2D eigenvalue weighted by atomic mass is 32.2. The molecule has 10 heteroatoms. The molecule has 0 bridgehead atoms. The Morgan fingerprint density at radius 1 is 1.06 bits per heavy atom. The van der Waals surface area contributed by atoms with E-state index in [1.165, 1.54) is 34.8 Å². The maximum atomic E-state index is 12.5. The molecular formula is C21H24N4O5S. The maximum absolute atomic E-state index is 12.5. The number of carbonyl (C=O) groups is 2. The van der Waals surface area contributed by atoms with Gasteiger partial charge in [-0.25, -0.2) is 13.8 Å². The third-order valence-corrected chi connectivity index (χ3v) is 6.66. The van der Waals surface area contributed by atoms with Crippen LogP contribution in [0.15, 0.2) is 58.5 Å². The summed E-state index contributed by atoms with van der Waals surface area (Å²) in [5.41, 5.74) is 3.36. The quantitative estimate of drug-likeness (QED) is 0.471. The van der Waals surface area contributed by atoms with Crippen molar-refractivity contribution in [3.05, 3.63) is 59.7 Å². The van der Waals surface area contributed by atoms with Gasteiger partial charge in [0.2, 0.25) is 10.0 Å². The van der Waals surface area contributed by atoms with E-state index in [0.29, 0.717) is 18.8 Å². The number of rotatable bonds is 8. The van der Waals surface area contributed by atoms with Crippen LogP contribution in [0.4, 0.5) is 0 Å². The number of sulfonamides is 1. The van der Waals surface area contributed by atoms with Crippen molar-refractivity contribution in [1.29, 1.82) is 0 Å². The third-order valence-electron chi connectivity index (χ3n) is 4.75. The number of ether oxygens (including phenoxy) is 1. The molecule has 3 rings (SSSR count). The highest BCUT2D eigenvalue weighted by Gasteiger charge is 2.27. The Labute approximate surface area is 181 Å². The zero-order chi connectivity index (χ0) is 22.3. The molecule has 31 heavy (non-hydrogen) atoms. The fourth-order valence-corrected chi connectivity index (χ4v) is 4.54. The molecule has 0 saturated carbocycles. The van der Waals surface area contributed by atoms with E-state index in [-0.39, 0.29) is 17.0 Å². The molecule has 1 aliphatic heterocycles. The Morgan fingerprint density at radius 3 is 2.32 bits per heavy atom. The van der Waals surface area contributed by atoms with Gasteiger partial charge in [-0.2, -0.15) is 9.41 Å². The van der Waals surface area contributed by atoms with Crippen LogP contribution in [0.3, 0.4) is 0 Å². The van der Waals surface area contributed by atoms with Crippen LogP contribution in [0.2, 0.25) is 0 Å². The first-order valence-electron chi connectivity index (χ1n) is 9.74. The number of hydrogen-bond donors (Lipinski definition) is 2. The van der Waals surface area contributed by atoms with Crippen molar-refractivity contribution < 1.29 is 22.7 Å². The van der Waals surface area contributed by atoms with Crippen LogP contribution in [0, 0.1) is 0 Å². The van der Waals surface area contributed by atoms with Gasteiger partial charge in [-0.3, -0.25) is 9.59 Å². The topological polar surface area (TPSA) is 117 Å². The normalized spacial score (nSPS) is 14.5. The molecule has 0 unspecified atom stereocenters. The maximum Gasteiger partial charge on any atom is 0.259 e. The minimum absolute atomic E-state index is 0.150. The fourth-order valence-electron chi connectivity index (χ4n) is 3.03. The minimum atomic E-state index is -3.53. The fraction of sp³-hybridized carbons (Fsp3) is 0.286. The van der Waals surface area contributed by atoms with Crippen molar-refractivity contribution in [2.75, 3.05) is 26.7 Å². The zero-order valence-electron chi connectivity index (χ0n) is 17.1. The molecule has 1 aliphatic rings. The lowest BCUT2D eigenvalue weighted by Gasteiger charge is -2.15. The lowest BCUT2D eigenvalue weighted by atomic mass is 10.2. The molecule has 2 aromatic carbocycles. The van der Waals surface area contributed by atoms with Crippen molar-refractivity contribution in [1.82, 2.24) is 15.0 Å². The molecule has 2 N–H and O–H groups in total. The highest BCUT2D eigenvalue weighted by Crippen LogP contribution is 2.21. The standard InChI is InChI=1S/C21H24N4O5S/c1-30-18-8-4-16(5-9-18)14-23-24-20(26)15-22-21(27)17-6-10-19(11-7-17)31(28,29)25-12-2-3-13-25/h4-11,14H,2-3,12-13,15H2,1H3,(H,22,27)(H,24,26)/b23-14+. The van der Waals surface area contributed by atoms with E-state index >= 15 is 0 Å². The number of hydrazone groups is 1. The second-order valence-corrected chi connectivity index (χ2v) is 8.82. The minimum Gasteiger partial charge on any atom is -0.497 e. The van der Waals surface area contributed by atoms with Gasteiger partial charge in [-0.1, -0.05) is 0 Å². The predicted octanol–water partition coefficient (Wildman–Crippen LogP) is 1.36. The first kappa shape index (κ1) is 22.4. The van der Waals surface area contributed by atoms with E-state index < -0.39 is 21.8 Å². The molecule has 0 aliphatic carbocycles. The van der Waals surface area contributed by atoms with E-state index in [1.807, 2.05) is 0 Å². The average Bonchev–Trinajstić information content (AvgIpc) is 3.34. The van der Waals surface area contributed by atoms with Gasteiger partial charge in [0.05, 0.1) is 24.8 Å². The summed E-state index contributed by atoms with van der Waals surface area (Å²) < 4.78 is 31.5. The van der Waals surface area contributed by atoms with Gasteiger partial charge in [0.1, 0.15) is 5.75 Å². The molecule has 1 heterocycles. The Morgan fingerprint density at radius 2 is 1.71 bits per heavy atom. The zero-order valence-corrected chi connectivity index (χ0v) is 17.9. The summed E-state index contributed by atoms with van der Waals surface area (Å²) in [4.78, 5) is 24.2. The van der Waals surface area contributed by atoms with Crippen LogP contribution in [-0.2, 0) is 14.8 Å². The van der Waals surface area contributed by atoms with Crippen molar-refractivity contribution in [2.45, 2.75) is 17.7 Å². The molecule has 1 saturated heterocycles. The molecular weight excluding hydrogens is 420 g/mol. The van der Waals surface area contributed by atoms with Crippen molar-refractivity contribution >= 4 is 28.1 Å². The van der Waals surface area contributed by atoms with Crippen LogP contribution in [0.25, 0.3) is 0 Å². The Hall–Kier alpha value is -3.24. The second kappa shape index (κ2) is 10.2. The SMILES string of the molecule is COc1ccc(/C=N/NC(=O)CNC(=O)c2ccc(S(=O)(=O)N3CCCC3)cc2)cc1. The summed E-state index contributed by atoms with van der Waals surface area (Å²) in [6.45, 7) is 0.758. The van der Waals surface area contributed by atoms with Crippen LogP contribution in [0.1, 0.15) is 28.8 Å². The van der Waals surface area contributed by atoms with Gasteiger partial charge in [-0.05, 0) is 66.9 Å². The monoisotopic (exact) mass is 444 g/mol. The average molecular weight is 445 g/mol. The largest absolute Gasteiger partial charge is 0.497 e. The third kappa shape index (κ3) is 5.89. The molecule has 0 aromatic heterocycles. The summed E-state index contributed by atoms with van der Waals surface area (Å²) in [6.07, 6.45) is 3.18. The summed E-state index contributed by atoms with van der Waals surface area (Å²) >= 11 is 0. The molecule has 0 spiro atoms. The number of nitrogens with zero attached hydrogens (tertiary/aromatic N) is 2. The molecule has 2 aromatic rings. The van der Waals surface area contributed by atoms with Gasteiger partial charge in [0.25, 0.3) is 11.8 Å². The highest BCUT2D eigenvalue weighted by molar-refractivity contribution is 7.89. The van der Waals surface area contributed by atoms with E-state index in [9.17, 15) is 18.0 Å². The first-order valence-corrected chi connectivity index (χ1v) is 11.2. The molecule has 1 fully saturated rings. The summed E-state index contributed by atoms with van der Waals surface area (Å²) in [6, 6.07) is 12.8. The van der Waals surface area contributed by atoms with Gasteiger partial charge in [0, 0.05) is 18.7 Å². The summed E-state index contributed by atoms with van der Waals surface area (Å²) in [7, 11) is -1.96. The summed E-state index contributed by atoms with van der Waals surface area (Å²) in [5, 5.41) is 6.31. The van der Waals surface area contributed by atoms with Gasteiger partial charge < -0.3 is 10.1 Å². The van der Waals surface area contributed by atoms with Crippen molar-refractivity contribution in [3.63, 3.8) is 0 Å². The number of hydrogen-bond acceptors (Lipinski definition) is 6. The second-order valence-electron chi connectivity index (χ2n) is 6.88. The Kier molecular flexibility index (Phi) is 7.37. The number of amides is 2. The first-order chi connectivity index (χ1) is 14.9. The Bertz CT molecular complexity index is 1040. The molecule has 2 amide bonds.